The lowest BCUT2D eigenvalue weighted by atomic mass is 9.96. The van der Waals surface area contributed by atoms with Crippen LogP contribution in [-0.2, 0) is 17.9 Å². The minimum absolute atomic E-state index is 0.0927. The summed E-state index contributed by atoms with van der Waals surface area (Å²) in [4.78, 5) is 22.2. The van der Waals surface area contributed by atoms with E-state index in [1.807, 2.05) is 48.7 Å². The zero-order valence-electron chi connectivity index (χ0n) is 22.0. The molecule has 0 unspecified atom stereocenters. The van der Waals surface area contributed by atoms with Crippen LogP contribution in [0.4, 0.5) is 11.4 Å². The fraction of sp³-hybridized carbons (Fsp3) is 0.419. The first kappa shape index (κ1) is 24.9. The molecule has 3 heterocycles. The molecule has 0 bridgehead atoms. The van der Waals surface area contributed by atoms with Crippen LogP contribution >= 0.6 is 0 Å². The van der Waals surface area contributed by atoms with E-state index in [2.05, 4.69) is 38.3 Å². The maximum Gasteiger partial charge on any atom is 0.255 e. The minimum atomic E-state index is -0.0927. The molecule has 1 amide bonds. The Kier molecular flexibility index (Phi) is 7.29. The van der Waals surface area contributed by atoms with Crippen molar-refractivity contribution in [2.24, 2.45) is 5.92 Å². The van der Waals surface area contributed by atoms with Gasteiger partial charge >= 0.3 is 0 Å². The summed E-state index contributed by atoms with van der Waals surface area (Å²) >= 11 is 0. The van der Waals surface area contributed by atoms with Crippen LogP contribution in [0, 0.1) is 5.92 Å². The van der Waals surface area contributed by atoms with Crippen molar-refractivity contribution in [2.75, 3.05) is 37.0 Å². The number of carbonyl (C=O) groups is 1. The molecule has 6 rings (SSSR count). The van der Waals surface area contributed by atoms with Gasteiger partial charge in [-0.15, -0.1) is 0 Å². The number of fused-ring (bicyclic) bond motifs is 1. The van der Waals surface area contributed by atoms with Crippen molar-refractivity contribution in [3.63, 3.8) is 0 Å². The van der Waals surface area contributed by atoms with Crippen molar-refractivity contribution in [3.05, 3.63) is 83.6 Å². The van der Waals surface area contributed by atoms with Gasteiger partial charge in [-0.1, -0.05) is 18.2 Å². The maximum absolute atomic E-state index is 12.8. The topological polar surface area (TPSA) is 66.9 Å². The van der Waals surface area contributed by atoms with Gasteiger partial charge in [0.15, 0.2) is 0 Å². The molecule has 3 aromatic rings. The standard InChI is InChI=1S/C31H36N4O3/c1-37-30-14-7-23(17-32-30)18-34-19-25-15-16-35(29(25)20-34)27-12-10-26(11-13-27)33-31(36)24-8-5-22(6-9-24)21-38-28-3-2-4-28/h5-14,17,25,28-29H,2-4,15-16,18-21H2,1H3,(H,33,36)/t25-,29+/m1/s1. The summed E-state index contributed by atoms with van der Waals surface area (Å²) in [5.74, 6) is 1.24. The van der Waals surface area contributed by atoms with Crippen molar-refractivity contribution in [1.82, 2.24) is 9.88 Å². The SMILES string of the molecule is COc1ccc(CN2C[C@H]3CCN(c4ccc(NC(=O)c5ccc(COC6CCC6)cc5)cc4)[C@H]3C2)cn1. The van der Waals surface area contributed by atoms with Gasteiger partial charge in [-0.05, 0) is 79.1 Å². The lowest BCUT2D eigenvalue weighted by Gasteiger charge is -2.27. The number of nitrogens with one attached hydrogen (secondary N) is 1. The summed E-state index contributed by atoms with van der Waals surface area (Å²) in [5.41, 5.74) is 5.01. The fourth-order valence-electron chi connectivity index (χ4n) is 5.83. The van der Waals surface area contributed by atoms with Crippen LogP contribution in [-0.4, -0.2) is 54.7 Å². The molecule has 0 spiro atoms. The second kappa shape index (κ2) is 11.1. The number of nitrogens with zero attached hydrogens (tertiary/aromatic N) is 3. The Morgan fingerprint density at radius 1 is 0.974 bits per heavy atom. The van der Waals surface area contributed by atoms with E-state index in [0.717, 1.165) is 37.4 Å². The zero-order chi connectivity index (χ0) is 25.9. The molecule has 2 saturated heterocycles. The number of hydrogen-bond donors (Lipinski definition) is 1. The van der Waals surface area contributed by atoms with Gasteiger partial charge in [0, 0.05) is 61.4 Å². The molecule has 1 aromatic heterocycles. The number of benzene rings is 2. The average Bonchev–Trinajstić information content (AvgIpc) is 3.49. The lowest BCUT2D eigenvalue weighted by molar-refractivity contribution is -0.00866. The van der Waals surface area contributed by atoms with Gasteiger partial charge in [0.05, 0.1) is 19.8 Å². The molecule has 198 valence electrons. The van der Waals surface area contributed by atoms with Crippen LogP contribution in [0.3, 0.4) is 0 Å². The Morgan fingerprint density at radius 3 is 2.45 bits per heavy atom. The van der Waals surface area contributed by atoms with Crippen LogP contribution in [0.1, 0.15) is 47.2 Å². The summed E-state index contributed by atoms with van der Waals surface area (Å²) in [5, 5.41) is 3.04. The number of hydrogen-bond acceptors (Lipinski definition) is 6. The molecule has 3 aliphatic rings. The summed E-state index contributed by atoms with van der Waals surface area (Å²) < 4.78 is 11.0. The summed E-state index contributed by atoms with van der Waals surface area (Å²) in [6, 6.07) is 20.6. The molecule has 1 saturated carbocycles. The number of aromatic nitrogens is 1. The van der Waals surface area contributed by atoms with Crippen LogP contribution in [0.25, 0.3) is 0 Å². The number of amides is 1. The second-order valence-corrected chi connectivity index (χ2v) is 10.8. The van der Waals surface area contributed by atoms with Gasteiger partial charge in [0.25, 0.3) is 5.91 Å². The number of likely N-dealkylation sites (tertiary alicyclic amines) is 1. The van der Waals surface area contributed by atoms with Gasteiger partial charge in [0.1, 0.15) is 0 Å². The van der Waals surface area contributed by atoms with Crippen LogP contribution in [0.2, 0.25) is 0 Å². The smallest absolute Gasteiger partial charge is 0.255 e. The summed E-state index contributed by atoms with van der Waals surface area (Å²) in [6.07, 6.45) is 7.14. The number of anilines is 2. The third-order valence-corrected chi connectivity index (χ3v) is 8.25. The first-order valence-electron chi connectivity index (χ1n) is 13.7. The molecule has 3 fully saturated rings. The third-order valence-electron chi connectivity index (χ3n) is 8.25. The van der Waals surface area contributed by atoms with Gasteiger partial charge in [0.2, 0.25) is 5.88 Å². The van der Waals surface area contributed by atoms with E-state index in [0.29, 0.717) is 36.1 Å². The third kappa shape index (κ3) is 5.54. The Hall–Kier alpha value is -3.42. The first-order valence-corrected chi connectivity index (χ1v) is 13.7. The highest BCUT2D eigenvalue weighted by Gasteiger charge is 2.41. The molecule has 2 atom stereocenters. The number of rotatable bonds is 9. The molecule has 0 radical (unpaired) electrons. The first-order chi connectivity index (χ1) is 18.6. The number of pyridine rings is 1. The van der Waals surface area contributed by atoms with Gasteiger partial charge < -0.3 is 19.7 Å². The van der Waals surface area contributed by atoms with E-state index < -0.39 is 0 Å². The van der Waals surface area contributed by atoms with E-state index in [9.17, 15) is 4.79 Å². The average molecular weight is 513 g/mol. The fourth-order valence-corrected chi connectivity index (χ4v) is 5.83. The van der Waals surface area contributed by atoms with Crippen molar-refractivity contribution in [1.29, 1.82) is 0 Å². The predicted molar refractivity (Wildman–Crippen MR) is 149 cm³/mol. The van der Waals surface area contributed by atoms with Crippen molar-refractivity contribution < 1.29 is 14.3 Å². The maximum atomic E-state index is 12.8. The highest BCUT2D eigenvalue weighted by Crippen LogP contribution is 2.36. The van der Waals surface area contributed by atoms with Gasteiger partial charge in [-0.3, -0.25) is 9.69 Å². The Balaban J connectivity index is 1.02. The quantitative estimate of drug-likeness (QED) is 0.429. The van der Waals surface area contributed by atoms with E-state index in [4.69, 9.17) is 9.47 Å². The Bertz CT molecular complexity index is 1230. The summed E-state index contributed by atoms with van der Waals surface area (Å²) in [7, 11) is 1.64. The van der Waals surface area contributed by atoms with Gasteiger partial charge in [-0.2, -0.15) is 0 Å². The normalized spacial score (nSPS) is 21.2. The summed E-state index contributed by atoms with van der Waals surface area (Å²) in [6.45, 7) is 4.78. The number of ether oxygens (including phenoxy) is 2. The monoisotopic (exact) mass is 512 g/mol. The minimum Gasteiger partial charge on any atom is -0.481 e. The van der Waals surface area contributed by atoms with E-state index >= 15 is 0 Å². The van der Waals surface area contributed by atoms with Crippen molar-refractivity contribution in [3.8, 4) is 5.88 Å². The van der Waals surface area contributed by atoms with Gasteiger partial charge in [-0.25, -0.2) is 4.98 Å². The Morgan fingerprint density at radius 2 is 1.76 bits per heavy atom. The molecule has 2 aromatic carbocycles. The Labute approximate surface area is 224 Å². The molecule has 1 aliphatic carbocycles. The molecule has 1 N–H and O–H groups in total. The van der Waals surface area contributed by atoms with Crippen LogP contribution < -0.4 is 15.0 Å². The number of carbonyl (C=O) groups excluding carboxylic acids is 1. The van der Waals surface area contributed by atoms with E-state index in [-0.39, 0.29) is 5.91 Å². The second-order valence-electron chi connectivity index (χ2n) is 10.8. The molecule has 2 aliphatic heterocycles. The molecule has 7 heteroatoms. The largest absolute Gasteiger partial charge is 0.481 e. The molecule has 38 heavy (non-hydrogen) atoms. The molecular formula is C31H36N4O3. The van der Waals surface area contributed by atoms with E-state index in [1.165, 1.54) is 36.9 Å². The highest BCUT2D eigenvalue weighted by atomic mass is 16.5. The van der Waals surface area contributed by atoms with Crippen LogP contribution in [0.15, 0.2) is 66.9 Å². The molecule has 7 nitrogen and oxygen atoms in total. The van der Waals surface area contributed by atoms with E-state index in [1.54, 1.807) is 7.11 Å². The van der Waals surface area contributed by atoms with Crippen LogP contribution in [0.5, 0.6) is 5.88 Å². The van der Waals surface area contributed by atoms with Crippen molar-refractivity contribution >= 4 is 17.3 Å². The highest BCUT2D eigenvalue weighted by molar-refractivity contribution is 6.04. The number of methoxy groups -OCH3 is 1. The molecular weight excluding hydrogens is 476 g/mol. The zero-order valence-corrected chi connectivity index (χ0v) is 22.0. The van der Waals surface area contributed by atoms with Crippen molar-refractivity contribution in [2.45, 2.75) is 51.0 Å². The predicted octanol–water partition coefficient (Wildman–Crippen LogP) is 5.12. The lowest BCUT2D eigenvalue weighted by Crippen LogP contribution is -2.35.